The lowest BCUT2D eigenvalue weighted by Gasteiger charge is -2.18. The van der Waals surface area contributed by atoms with Crippen LogP contribution in [0.3, 0.4) is 0 Å². The first kappa shape index (κ1) is 31.0. The molecule has 0 atom stereocenters. The summed E-state index contributed by atoms with van der Waals surface area (Å²) < 4.78 is 2.29. The summed E-state index contributed by atoms with van der Waals surface area (Å²) in [6, 6.07) is 66.2. The smallest absolute Gasteiger partial charge is 0.0991 e. The minimum atomic E-state index is 0.643. The van der Waals surface area contributed by atoms with Gasteiger partial charge in [0.1, 0.15) is 0 Å². The molecular weight excluding hydrogens is 669 g/mol. The molecule has 55 heavy (non-hydrogen) atoms. The Bertz CT molecular complexity index is 3390. The van der Waals surface area contributed by atoms with E-state index in [1.54, 1.807) is 0 Å². The van der Waals surface area contributed by atoms with Crippen LogP contribution in [0.15, 0.2) is 182 Å². The molecule has 0 saturated heterocycles. The van der Waals surface area contributed by atoms with E-state index in [0.29, 0.717) is 5.56 Å². The van der Waals surface area contributed by atoms with Crippen molar-refractivity contribution in [3.05, 3.63) is 188 Å². The second kappa shape index (κ2) is 12.2. The van der Waals surface area contributed by atoms with Gasteiger partial charge in [0.2, 0.25) is 0 Å². The summed E-state index contributed by atoms with van der Waals surface area (Å²) in [6.07, 6.45) is 0. The third kappa shape index (κ3) is 4.91. The van der Waals surface area contributed by atoms with E-state index in [9.17, 15) is 5.26 Å². The summed E-state index contributed by atoms with van der Waals surface area (Å²) in [5, 5.41) is 18.8. The first-order chi connectivity index (χ1) is 27.2. The first-order valence-corrected chi connectivity index (χ1v) is 18.5. The summed E-state index contributed by atoms with van der Waals surface area (Å²) in [5.41, 5.74) is 12.1. The van der Waals surface area contributed by atoms with Gasteiger partial charge in [-0.05, 0) is 105 Å². The fraction of sp³-hybridized carbons (Fsp3) is 0. The minimum absolute atomic E-state index is 0.643. The van der Waals surface area contributed by atoms with Crippen LogP contribution in [0, 0.1) is 11.3 Å². The van der Waals surface area contributed by atoms with Gasteiger partial charge < -0.3 is 4.57 Å². The van der Waals surface area contributed by atoms with Crippen LogP contribution >= 0.6 is 0 Å². The lowest BCUT2D eigenvalue weighted by Crippen LogP contribution is -1.95. The number of aromatic nitrogens is 3. The van der Waals surface area contributed by atoms with Crippen molar-refractivity contribution in [2.75, 3.05) is 0 Å². The summed E-state index contributed by atoms with van der Waals surface area (Å²) >= 11 is 0. The second-order valence-electron chi connectivity index (χ2n) is 14.1. The summed E-state index contributed by atoms with van der Waals surface area (Å²) in [6.45, 7) is 0. The van der Waals surface area contributed by atoms with E-state index in [2.05, 4.69) is 162 Å². The molecular formula is C51H30N4. The number of para-hydroxylation sites is 3. The molecule has 3 heterocycles. The topological polar surface area (TPSA) is 54.5 Å². The molecule has 0 amide bonds. The van der Waals surface area contributed by atoms with E-state index < -0.39 is 0 Å². The van der Waals surface area contributed by atoms with Gasteiger partial charge >= 0.3 is 0 Å². The summed E-state index contributed by atoms with van der Waals surface area (Å²) in [7, 11) is 0. The maximum absolute atomic E-state index is 9.87. The van der Waals surface area contributed by atoms with Crippen molar-refractivity contribution in [2.45, 2.75) is 0 Å². The Morgan fingerprint density at radius 3 is 1.56 bits per heavy atom. The highest BCUT2D eigenvalue weighted by molar-refractivity contribution is 6.22. The van der Waals surface area contributed by atoms with Gasteiger partial charge in [-0.3, -0.25) is 0 Å². The van der Waals surface area contributed by atoms with Gasteiger partial charge in [-0.15, -0.1) is 0 Å². The quantitative estimate of drug-likeness (QED) is 0.172. The third-order valence-electron chi connectivity index (χ3n) is 11.0. The molecule has 0 radical (unpaired) electrons. The van der Waals surface area contributed by atoms with Crippen LogP contribution in [0.2, 0.25) is 0 Å². The van der Waals surface area contributed by atoms with Crippen LogP contribution < -0.4 is 0 Å². The Labute approximate surface area is 316 Å². The minimum Gasteiger partial charge on any atom is -0.309 e. The lowest BCUT2D eigenvalue weighted by atomic mass is 9.87. The van der Waals surface area contributed by atoms with Gasteiger partial charge in [-0.1, -0.05) is 109 Å². The molecule has 0 unspecified atom stereocenters. The lowest BCUT2D eigenvalue weighted by molar-refractivity contribution is 1.18. The Hall–Kier alpha value is -7.61. The van der Waals surface area contributed by atoms with Crippen LogP contribution in [-0.4, -0.2) is 14.5 Å². The molecule has 0 aliphatic carbocycles. The molecule has 4 nitrogen and oxygen atoms in total. The Kier molecular flexibility index (Phi) is 6.89. The number of rotatable bonds is 4. The molecule has 4 heteroatoms. The molecule has 8 aromatic carbocycles. The predicted octanol–water partition coefficient (Wildman–Crippen LogP) is 13.1. The average Bonchev–Trinajstić information content (AvgIpc) is 3.58. The zero-order chi connectivity index (χ0) is 36.5. The van der Waals surface area contributed by atoms with Crippen LogP contribution in [0.1, 0.15) is 5.56 Å². The molecule has 0 saturated carbocycles. The molecule has 0 aliphatic rings. The van der Waals surface area contributed by atoms with Crippen molar-refractivity contribution in [3.63, 3.8) is 0 Å². The van der Waals surface area contributed by atoms with E-state index >= 15 is 0 Å². The van der Waals surface area contributed by atoms with Crippen molar-refractivity contribution >= 4 is 65.2 Å². The van der Waals surface area contributed by atoms with Crippen LogP contribution in [-0.2, 0) is 0 Å². The molecule has 11 aromatic rings. The zero-order valence-electron chi connectivity index (χ0n) is 29.6. The number of fused-ring (bicyclic) bond motifs is 7. The maximum Gasteiger partial charge on any atom is 0.0991 e. The molecule has 0 N–H and O–H groups in total. The van der Waals surface area contributed by atoms with Crippen molar-refractivity contribution in [2.24, 2.45) is 0 Å². The predicted molar refractivity (Wildman–Crippen MR) is 227 cm³/mol. The highest BCUT2D eigenvalue weighted by atomic mass is 15.0. The normalized spacial score (nSPS) is 11.6. The second-order valence-corrected chi connectivity index (χ2v) is 14.1. The number of hydrogen-bond donors (Lipinski definition) is 0. The first-order valence-electron chi connectivity index (χ1n) is 18.5. The summed E-state index contributed by atoms with van der Waals surface area (Å²) in [4.78, 5) is 10.5. The van der Waals surface area contributed by atoms with Crippen LogP contribution in [0.25, 0.3) is 104 Å². The van der Waals surface area contributed by atoms with Crippen LogP contribution in [0.5, 0.6) is 0 Å². The fourth-order valence-corrected chi connectivity index (χ4v) is 8.45. The number of nitriles is 1. The molecule has 0 aliphatic heterocycles. The highest BCUT2D eigenvalue weighted by Gasteiger charge is 2.20. The third-order valence-corrected chi connectivity index (χ3v) is 11.0. The van der Waals surface area contributed by atoms with E-state index in [4.69, 9.17) is 9.97 Å². The van der Waals surface area contributed by atoms with E-state index in [1.807, 2.05) is 30.3 Å². The average molecular weight is 699 g/mol. The van der Waals surface area contributed by atoms with E-state index in [0.717, 1.165) is 104 Å². The summed E-state index contributed by atoms with van der Waals surface area (Å²) in [5.74, 6) is 0. The molecule has 3 aromatic heterocycles. The van der Waals surface area contributed by atoms with E-state index in [1.165, 1.54) is 0 Å². The van der Waals surface area contributed by atoms with Gasteiger partial charge in [0.15, 0.2) is 0 Å². The van der Waals surface area contributed by atoms with E-state index in [-0.39, 0.29) is 0 Å². The number of nitrogens with zero attached hydrogens (tertiary/aromatic N) is 4. The fourth-order valence-electron chi connectivity index (χ4n) is 8.45. The Morgan fingerprint density at radius 1 is 0.400 bits per heavy atom. The van der Waals surface area contributed by atoms with Gasteiger partial charge in [0.25, 0.3) is 0 Å². The van der Waals surface area contributed by atoms with Crippen LogP contribution in [0.4, 0.5) is 0 Å². The zero-order valence-corrected chi connectivity index (χ0v) is 29.6. The molecule has 0 bridgehead atoms. The van der Waals surface area contributed by atoms with Crippen molar-refractivity contribution in [3.8, 4) is 45.4 Å². The number of hydrogen-bond acceptors (Lipinski definition) is 3. The van der Waals surface area contributed by atoms with Gasteiger partial charge in [0, 0.05) is 38.4 Å². The van der Waals surface area contributed by atoms with Gasteiger partial charge in [-0.2, -0.15) is 5.26 Å². The standard InChI is InChI=1S/C51H30N4/c52-31-32-18-26-48-41(28-32)42-29-36(22-27-49(42)55(48)37-12-2-1-3-13-37)35-19-23-40-43(30-35)51(47-25-21-34-11-5-9-17-45(34)54-47)39-15-7-6-14-38(39)50(40)46-24-20-33-10-4-8-16-44(33)53-46/h1-30H. The van der Waals surface area contributed by atoms with Crippen molar-refractivity contribution < 1.29 is 0 Å². The largest absolute Gasteiger partial charge is 0.309 e. The SMILES string of the molecule is N#Cc1ccc2c(c1)c1cc(-c3ccc4c(-c5ccc6ccccc6n5)c5ccccc5c(-c5ccc6ccccc6n5)c4c3)ccc1n2-c1ccccc1. The highest BCUT2D eigenvalue weighted by Crippen LogP contribution is 2.45. The molecule has 11 rings (SSSR count). The Balaban J connectivity index is 1.21. The number of pyridine rings is 2. The molecule has 0 fully saturated rings. The monoisotopic (exact) mass is 698 g/mol. The van der Waals surface area contributed by atoms with Gasteiger partial charge in [-0.25, -0.2) is 9.97 Å². The molecule has 0 spiro atoms. The van der Waals surface area contributed by atoms with Crippen molar-refractivity contribution in [1.82, 2.24) is 14.5 Å². The Morgan fingerprint density at radius 2 is 0.909 bits per heavy atom. The number of benzene rings is 8. The molecule has 254 valence electrons. The van der Waals surface area contributed by atoms with Gasteiger partial charge in [0.05, 0.1) is 45.1 Å². The maximum atomic E-state index is 9.87. The van der Waals surface area contributed by atoms with Crippen molar-refractivity contribution in [1.29, 1.82) is 5.26 Å².